The number of aliphatic hydroxyl groups is 1. The standard InChI is InChI=1S/C52H90N5O9P/c1-6-10-12-14-16-18-19-21-22-24-26-30-44(58)34-35-53-51(61)47(56-48(59)33-27-25-23-20-17-15-13-11-7-2)41-66-67(63,64-37-8-3)65-38-36-54-52(62)50(42(5)9-4)57-49(60)39-43-40-55-46-32-29-28-31-45(43)46/h8,28-29,31-32,40,42,44,47,50,55,58H,3,6-7,9-27,30,33-39,41H2,1-2,4-5H3,(H,53,61)(H,54,62)(H,56,59)(H,57,60)/t42-,44?,47-,50-,67?/m0/s1. The van der Waals surface area contributed by atoms with Gasteiger partial charge in [0.25, 0.3) is 0 Å². The maximum Gasteiger partial charge on any atom is 0.475 e. The van der Waals surface area contributed by atoms with Crippen LogP contribution in [0.2, 0.25) is 0 Å². The van der Waals surface area contributed by atoms with Gasteiger partial charge in [0.1, 0.15) is 12.1 Å². The molecule has 1 aromatic heterocycles. The molecule has 15 heteroatoms. The van der Waals surface area contributed by atoms with Crippen LogP contribution in [0.25, 0.3) is 10.9 Å². The molecule has 0 saturated carbocycles. The zero-order valence-corrected chi connectivity index (χ0v) is 42.7. The third kappa shape index (κ3) is 27.3. The molecule has 6 N–H and O–H groups in total. The first-order valence-electron chi connectivity index (χ1n) is 26.0. The SMILES string of the molecule is C=CCOP(=O)(OCCNC(=O)[C@@H](NC(=O)Cc1c[nH]c2ccccc12)[C@@H](C)CC)OC[C@H](NC(=O)CCCCCCCCCCC)C(=O)NCCC(O)CCCCCCCCCCCCC. The van der Waals surface area contributed by atoms with Crippen molar-refractivity contribution in [2.45, 2.75) is 206 Å². The topological polar surface area (TPSA) is 197 Å². The molecule has 14 nitrogen and oxygen atoms in total. The first-order valence-corrected chi connectivity index (χ1v) is 27.4. The minimum Gasteiger partial charge on any atom is -0.393 e. The zero-order valence-electron chi connectivity index (χ0n) is 41.9. The van der Waals surface area contributed by atoms with E-state index in [1.165, 1.54) is 89.5 Å². The lowest BCUT2D eigenvalue weighted by Gasteiger charge is -2.24. The number of nitrogens with one attached hydrogen (secondary N) is 5. The fourth-order valence-electron chi connectivity index (χ4n) is 7.96. The molecule has 0 saturated heterocycles. The summed E-state index contributed by atoms with van der Waals surface area (Å²) in [5.41, 5.74) is 1.74. The number of H-pyrrole nitrogens is 1. The molecule has 2 rings (SSSR count). The predicted molar refractivity (Wildman–Crippen MR) is 271 cm³/mol. The molecule has 1 aromatic carbocycles. The molecular formula is C52H90N5O9P. The average Bonchev–Trinajstić information content (AvgIpc) is 3.73. The fourth-order valence-corrected chi connectivity index (χ4v) is 9.12. The molecule has 0 aliphatic heterocycles. The van der Waals surface area contributed by atoms with Crippen molar-refractivity contribution >= 4 is 42.4 Å². The number of rotatable bonds is 43. The first-order chi connectivity index (χ1) is 32.5. The second kappa shape index (κ2) is 37.4. The molecule has 0 aliphatic carbocycles. The van der Waals surface area contributed by atoms with E-state index in [4.69, 9.17) is 13.6 Å². The molecule has 0 fully saturated rings. The van der Waals surface area contributed by atoms with E-state index in [0.29, 0.717) is 25.7 Å². The largest absolute Gasteiger partial charge is 0.475 e. The van der Waals surface area contributed by atoms with Crippen LogP contribution in [-0.2, 0) is 43.7 Å². The minimum absolute atomic E-state index is 0.0875. The van der Waals surface area contributed by atoms with E-state index in [1.807, 2.05) is 38.1 Å². The maximum atomic E-state index is 13.8. The average molecular weight is 960 g/mol. The van der Waals surface area contributed by atoms with E-state index in [1.54, 1.807) is 6.20 Å². The van der Waals surface area contributed by atoms with Crippen LogP contribution in [0.1, 0.15) is 187 Å². The highest BCUT2D eigenvalue weighted by Crippen LogP contribution is 2.49. The molecule has 382 valence electrons. The molecule has 1 heterocycles. The molecule has 0 bridgehead atoms. The van der Waals surface area contributed by atoms with Crippen molar-refractivity contribution in [1.29, 1.82) is 0 Å². The lowest BCUT2D eigenvalue weighted by Crippen LogP contribution is -2.51. The fraction of sp³-hybridized carbons (Fsp3) is 0.731. The van der Waals surface area contributed by atoms with Gasteiger partial charge in [0.05, 0.1) is 32.3 Å². The third-order valence-corrected chi connectivity index (χ3v) is 13.7. The van der Waals surface area contributed by atoms with E-state index >= 15 is 0 Å². The van der Waals surface area contributed by atoms with E-state index in [9.17, 15) is 28.8 Å². The van der Waals surface area contributed by atoms with Crippen LogP contribution in [0, 0.1) is 5.92 Å². The van der Waals surface area contributed by atoms with Crippen molar-refractivity contribution < 1.29 is 42.4 Å². The van der Waals surface area contributed by atoms with Gasteiger partial charge in [0, 0.05) is 36.6 Å². The van der Waals surface area contributed by atoms with Crippen LogP contribution in [0.3, 0.4) is 0 Å². The number of phosphoric ester groups is 1. The van der Waals surface area contributed by atoms with Gasteiger partial charge in [-0.1, -0.05) is 180 Å². The molecule has 2 unspecified atom stereocenters. The van der Waals surface area contributed by atoms with E-state index < -0.39 is 44.4 Å². The summed E-state index contributed by atoms with van der Waals surface area (Å²) in [4.78, 5) is 56.4. The normalized spacial score (nSPS) is 14.2. The van der Waals surface area contributed by atoms with Gasteiger partial charge in [-0.3, -0.25) is 32.7 Å². The Labute approximate surface area is 403 Å². The van der Waals surface area contributed by atoms with Crippen molar-refractivity contribution in [3.05, 3.63) is 48.7 Å². The number of carbonyl (C=O) groups is 4. The molecule has 2 aromatic rings. The summed E-state index contributed by atoms with van der Waals surface area (Å²) < 4.78 is 30.6. The van der Waals surface area contributed by atoms with Crippen LogP contribution >= 0.6 is 7.82 Å². The smallest absolute Gasteiger partial charge is 0.393 e. The number of aromatic amines is 1. The number of hydrogen-bond acceptors (Lipinski definition) is 9. The molecule has 4 amide bonds. The summed E-state index contributed by atoms with van der Waals surface area (Å²) in [7, 11) is -4.34. The van der Waals surface area contributed by atoms with E-state index in [2.05, 4.69) is 46.7 Å². The Morgan fingerprint density at radius 2 is 1.30 bits per heavy atom. The monoisotopic (exact) mass is 960 g/mol. The Hall–Kier alpha value is -3.55. The van der Waals surface area contributed by atoms with Gasteiger partial charge >= 0.3 is 7.82 Å². The van der Waals surface area contributed by atoms with Crippen LogP contribution in [0.5, 0.6) is 0 Å². The summed E-state index contributed by atoms with van der Waals surface area (Å²) in [5.74, 6) is -1.80. The lowest BCUT2D eigenvalue weighted by atomic mass is 9.98. The van der Waals surface area contributed by atoms with E-state index in [-0.39, 0.29) is 56.9 Å². The number of aliphatic hydroxyl groups excluding tert-OH is 1. The summed E-state index contributed by atoms with van der Waals surface area (Å²) in [6, 6.07) is 5.64. The molecule has 67 heavy (non-hydrogen) atoms. The Bertz CT molecular complexity index is 1710. The number of para-hydroxylation sites is 1. The number of fused-ring (bicyclic) bond motifs is 1. The number of hydrogen-bond donors (Lipinski definition) is 6. The number of unbranched alkanes of at least 4 members (excludes halogenated alkanes) is 18. The van der Waals surface area contributed by atoms with Crippen molar-refractivity contribution in [2.24, 2.45) is 5.92 Å². The molecule has 0 radical (unpaired) electrons. The van der Waals surface area contributed by atoms with Gasteiger partial charge in [0.2, 0.25) is 23.6 Å². The number of aromatic nitrogens is 1. The Morgan fingerprint density at radius 3 is 1.91 bits per heavy atom. The van der Waals surface area contributed by atoms with E-state index in [0.717, 1.165) is 55.0 Å². The van der Waals surface area contributed by atoms with Gasteiger partial charge in [-0.05, 0) is 36.8 Å². The Morgan fingerprint density at radius 1 is 0.716 bits per heavy atom. The second-order valence-electron chi connectivity index (χ2n) is 18.2. The highest BCUT2D eigenvalue weighted by molar-refractivity contribution is 7.48. The summed E-state index contributed by atoms with van der Waals surface area (Å²) in [6.07, 6.45) is 27.9. The van der Waals surface area contributed by atoms with Gasteiger partial charge < -0.3 is 31.4 Å². The van der Waals surface area contributed by atoms with Crippen molar-refractivity contribution in [3.8, 4) is 0 Å². The first kappa shape index (κ1) is 59.6. The summed E-state index contributed by atoms with van der Waals surface area (Å²) in [6.45, 7) is 11.0. The third-order valence-electron chi connectivity index (χ3n) is 12.3. The Balaban J connectivity index is 1.93. The molecule has 0 spiro atoms. The zero-order chi connectivity index (χ0) is 49.0. The Kier molecular flexibility index (Phi) is 33.2. The van der Waals surface area contributed by atoms with Crippen LogP contribution in [0.15, 0.2) is 43.1 Å². The summed E-state index contributed by atoms with van der Waals surface area (Å²) >= 11 is 0. The lowest BCUT2D eigenvalue weighted by molar-refractivity contribution is -0.130. The number of phosphoric acid groups is 1. The van der Waals surface area contributed by atoms with Crippen LogP contribution < -0.4 is 21.3 Å². The van der Waals surface area contributed by atoms with Crippen LogP contribution in [0.4, 0.5) is 0 Å². The number of carbonyl (C=O) groups excluding carboxylic acids is 4. The summed E-state index contributed by atoms with van der Waals surface area (Å²) in [5, 5.41) is 22.8. The van der Waals surface area contributed by atoms with Gasteiger partial charge in [0.15, 0.2) is 0 Å². The highest BCUT2D eigenvalue weighted by Gasteiger charge is 2.32. The van der Waals surface area contributed by atoms with Gasteiger partial charge in [-0.2, -0.15) is 0 Å². The van der Waals surface area contributed by atoms with Crippen LogP contribution in [-0.4, -0.2) is 84.8 Å². The highest BCUT2D eigenvalue weighted by atomic mass is 31.2. The molecular weight excluding hydrogens is 870 g/mol. The number of benzene rings is 1. The van der Waals surface area contributed by atoms with Crippen molar-refractivity contribution in [2.75, 3.05) is 32.9 Å². The molecule has 0 aliphatic rings. The van der Waals surface area contributed by atoms with Crippen molar-refractivity contribution in [1.82, 2.24) is 26.3 Å². The predicted octanol–water partition coefficient (Wildman–Crippen LogP) is 10.7. The van der Waals surface area contributed by atoms with Gasteiger partial charge in [-0.15, -0.1) is 6.58 Å². The van der Waals surface area contributed by atoms with Gasteiger partial charge in [-0.25, -0.2) is 4.57 Å². The molecule has 5 atom stereocenters. The maximum absolute atomic E-state index is 13.8. The number of amides is 4. The quantitative estimate of drug-likeness (QED) is 0.0213. The van der Waals surface area contributed by atoms with Crippen molar-refractivity contribution in [3.63, 3.8) is 0 Å². The minimum atomic E-state index is -4.34. The second-order valence-corrected chi connectivity index (χ2v) is 19.8.